The zero-order valence-electron chi connectivity index (χ0n) is 21.3. The molecule has 1 aliphatic heterocycles. The Morgan fingerprint density at radius 1 is 0.897 bits per heavy atom. The molecule has 3 N–H and O–H groups in total. The summed E-state index contributed by atoms with van der Waals surface area (Å²) in [6.07, 6.45) is 1.70. The van der Waals surface area contributed by atoms with E-state index in [4.69, 9.17) is 0 Å². The first-order valence-electron chi connectivity index (χ1n) is 13.0. The molecule has 0 radical (unpaired) electrons. The van der Waals surface area contributed by atoms with E-state index in [-0.39, 0.29) is 24.2 Å². The van der Waals surface area contributed by atoms with E-state index in [0.717, 1.165) is 23.4 Å². The lowest BCUT2D eigenvalue weighted by Crippen LogP contribution is -2.49. The van der Waals surface area contributed by atoms with Crippen molar-refractivity contribution in [3.05, 3.63) is 82.0 Å². The number of carboxylic acids is 1. The van der Waals surface area contributed by atoms with E-state index >= 15 is 0 Å². The van der Waals surface area contributed by atoms with Gasteiger partial charge in [-0.05, 0) is 54.6 Å². The molecular weight excluding hydrogens is 516 g/mol. The summed E-state index contributed by atoms with van der Waals surface area (Å²) in [4.78, 5) is 55.0. The summed E-state index contributed by atoms with van der Waals surface area (Å²) in [5, 5.41) is 17.0. The Labute approximate surface area is 230 Å². The van der Waals surface area contributed by atoms with Crippen LogP contribution in [-0.4, -0.2) is 59.9 Å². The van der Waals surface area contributed by atoms with Crippen molar-refractivity contribution in [2.45, 2.75) is 25.3 Å². The number of thiophene rings is 1. The van der Waals surface area contributed by atoms with Crippen LogP contribution in [0.15, 0.2) is 66.0 Å². The van der Waals surface area contributed by atoms with Crippen molar-refractivity contribution in [2.75, 3.05) is 36.4 Å². The summed E-state index contributed by atoms with van der Waals surface area (Å²) >= 11 is 1.38. The molecule has 1 atom stereocenters. The van der Waals surface area contributed by atoms with Crippen LogP contribution in [0.2, 0.25) is 0 Å². The molecule has 9 nitrogen and oxygen atoms in total. The lowest BCUT2D eigenvalue weighted by molar-refractivity contribution is -0.137. The number of piperazine rings is 1. The third-order valence-electron chi connectivity index (χ3n) is 6.97. The molecule has 0 bridgehead atoms. The van der Waals surface area contributed by atoms with E-state index in [1.807, 2.05) is 22.4 Å². The summed E-state index contributed by atoms with van der Waals surface area (Å²) < 4.78 is 0. The average Bonchev–Trinajstić information content (AvgIpc) is 3.65. The van der Waals surface area contributed by atoms with Crippen molar-refractivity contribution in [2.24, 2.45) is 5.92 Å². The molecule has 1 saturated carbocycles. The van der Waals surface area contributed by atoms with Gasteiger partial charge >= 0.3 is 5.97 Å². The third kappa shape index (κ3) is 6.46. The van der Waals surface area contributed by atoms with Crippen LogP contribution in [0, 0.1) is 5.92 Å². The summed E-state index contributed by atoms with van der Waals surface area (Å²) in [7, 11) is 0. The number of anilines is 2. The van der Waals surface area contributed by atoms with Gasteiger partial charge in [0.1, 0.15) is 0 Å². The molecule has 1 saturated heterocycles. The number of nitrogens with zero attached hydrogens (tertiary/aromatic N) is 2. The minimum atomic E-state index is -1.01. The van der Waals surface area contributed by atoms with Crippen molar-refractivity contribution < 1.29 is 24.3 Å². The van der Waals surface area contributed by atoms with Gasteiger partial charge in [0.05, 0.1) is 23.8 Å². The van der Waals surface area contributed by atoms with E-state index in [0.29, 0.717) is 43.0 Å². The number of carboxylic acid groups (broad SMARTS) is 1. The lowest BCUT2D eigenvalue weighted by Gasteiger charge is -2.37. The smallest absolute Gasteiger partial charge is 0.305 e. The number of rotatable bonds is 9. The standard InChI is InChI=1S/C29H30N4O5S/c34-26(35)18-23(25-7-4-16-39-25)31-28(37)21-10-11-24(22(17-21)30-27(36)19-5-2-1-3-6-19)32-12-14-33(15-13-32)29(38)20-8-9-20/h1-7,10-11,16-17,20,23H,8-9,12-15,18H2,(H,30,36)(H,31,37)(H,34,35). The number of amides is 3. The number of carbonyl (C=O) groups excluding carboxylic acids is 3. The van der Waals surface area contributed by atoms with Crippen LogP contribution in [0.1, 0.15) is 50.9 Å². The highest BCUT2D eigenvalue weighted by atomic mass is 32.1. The molecule has 1 aromatic heterocycles. The second-order valence-corrected chi connectivity index (χ2v) is 10.8. The molecule has 2 fully saturated rings. The summed E-state index contributed by atoms with van der Waals surface area (Å²) in [6, 6.07) is 16.8. The first kappa shape index (κ1) is 26.4. The third-order valence-corrected chi connectivity index (χ3v) is 7.96. The predicted molar refractivity (Wildman–Crippen MR) is 149 cm³/mol. The van der Waals surface area contributed by atoms with Gasteiger partial charge in [-0.25, -0.2) is 0 Å². The van der Waals surface area contributed by atoms with Gasteiger partial charge in [0.2, 0.25) is 5.91 Å². The molecule has 1 unspecified atom stereocenters. The highest BCUT2D eigenvalue weighted by Crippen LogP contribution is 2.33. The van der Waals surface area contributed by atoms with Gasteiger partial charge in [0.15, 0.2) is 0 Å². The molecule has 2 aliphatic rings. The van der Waals surface area contributed by atoms with E-state index in [1.54, 1.807) is 48.5 Å². The highest BCUT2D eigenvalue weighted by molar-refractivity contribution is 7.10. The minimum Gasteiger partial charge on any atom is -0.481 e. The van der Waals surface area contributed by atoms with Gasteiger partial charge in [-0.3, -0.25) is 19.2 Å². The quantitative estimate of drug-likeness (QED) is 0.373. The Bertz CT molecular complexity index is 1350. The van der Waals surface area contributed by atoms with Crippen LogP contribution in [0.3, 0.4) is 0 Å². The Hall–Kier alpha value is -4.18. The second kappa shape index (κ2) is 11.7. The summed E-state index contributed by atoms with van der Waals surface area (Å²) in [6.45, 7) is 2.41. The first-order valence-corrected chi connectivity index (χ1v) is 13.9. The molecule has 0 spiro atoms. The largest absolute Gasteiger partial charge is 0.481 e. The van der Waals surface area contributed by atoms with Crippen LogP contribution < -0.4 is 15.5 Å². The van der Waals surface area contributed by atoms with Gasteiger partial charge in [0, 0.05) is 48.1 Å². The average molecular weight is 547 g/mol. The maximum absolute atomic E-state index is 13.2. The topological polar surface area (TPSA) is 119 Å². The maximum atomic E-state index is 13.2. The predicted octanol–water partition coefficient (Wildman–Crippen LogP) is 4.00. The van der Waals surface area contributed by atoms with E-state index in [2.05, 4.69) is 15.5 Å². The first-order chi connectivity index (χ1) is 18.9. The Morgan fingerprint density at radius 2 is 1.64 bits per heavy atom. The number of nitrogens with one attached hydrogen (secondary N) is 2. The van der Waals surface area contributed by atoms with Crippen molar-refractivity contribution in [3.8, 4) is 0 Å². The molecule has 2 heterocycles. The van der Waals surface area contributed by atoms with E-state index < -0.39 is 17.9 Å². The number of carbonyl (C=O) groups is 4. The zero-order chi connectivity index (χ0) is 27.4. The monoisotopic (exact) mass is 546 g/mol. The fraction of sp³-hybridized carbons (Fsp3) is 0.310. The van der Waals surface area contributed by atoms with Crippen molar-refractivity contribution in [1.29, 1.82) is 0 Å². The molecule has 10 heteroatoms. The molecule has 3 amide bonds. The lowest BCUT2D eigenvalue weighted by atomic mass is 10.1. The fourth-order valence-corrected chi connectivity index (χ4v) is 5.50. The minimum absolute atomic E-state index is 0.175. The molecule has 2 aromatic carbocycles. The fourth-order valence-electron chi connectivity index (χ4n) is 4.72. The Kier molecular flexibility index (Phi) is 7.92. The van der Waals surface area contributed by atoms with Gasteiger partial charge in [0.25, 0.3) is 11.8 Å². The number of hydrogen-bond donors (Lipinski definition) is 3. The van der Waals surface area contributed by atoms with Crippen molar-refractivity contribution in [3.63, 3.8) is 0 Å². The van der Waals surface area contributed by atoms with E-state index in [1.165, 1.54) is 11.3 Å². The van der Waals surface area contributed by atoms with Gasteiger partial charge in [-0.1, -0.05) is 24.3 Å². The maximum Gasteiger partial charge on any atom is 0.305 e. The highest BCUT2D eigenvalue weighted by Gasteiger charge is 2.35. The van der Waals surface area contributed by atoms with Gasteiger partial charge in [-0.2, -0.15) is 0 Å². The number of benzene rings is 2. The van der Waals surface area contributed by atoms with Crippen LogP contribution in [0.4, 0.5) is 11.4 Å². The van der Waals surface area contributed by atoms with Crippen molar-refractivity contribution >= 4 is 46.4 Å². The van der Waals surface area contributed by atoms with Crippen LogP contribution in [-0.2, 0) is 9.59 Å². The van der Waals surface area contributed by atoms with Gasteiger partial charge in [-0.15, -0.1) is 11.3 Å². The van der Waals surface area contributed by atoms with Gasteiger partial charge < -0.3 is 25.5 Å². The van der Waals surface area contributed by atoms with Crippen molar-refractivity contribution in [1.82, 2.24) is 10.2 Å². The van der Waals surface area contributed by atoms with Crippen LogP contribution in [0.5, 0.6) is 0 Å². The second-order valence-electron chi connectivity index (χ2n) is 9.78. The molecular formula is C29H30N4O5S. The number of aliphatic carboxylic acids is 1. The Balaban J connectivity index is 1.38. The molecule has 39 heavy (non-hydrogen) atoms. The summed E-state index contributed by atoms with van der Waals surface area (Å²) in [5.41, 5.74) is 2.02. The van der Waals surface area contributed by atoms with Crippen LogP contribution in [0.25, 0.3) is 0 Å². The zero-order valence-corrected chi connectivity index (χ0v) is 22.2. The molecule has 202 valence electrons. The molecule has 5 rings (SSSR count). The molecule has 3 aromatic rings. The number of hydrogen-bond acceptors (Lipinski definition) is 6. The SMILES string of the molecule is O=C(O)CC(NC(=O)c1ccc(N2CCN(C(=O)C3CC3)CC2)c(NC(=O)c2ccccc2)c1)c1cccs1. The Morgan fingerprint density at radius 3 is 2.28 bits per heavy atom. The molecule has 1 aliphatic carbocycles. The van der Waals surface area contributed by atoms with E-state index in [9.17, 15) is 24.3 Å². The van der Waals surface area contributed by atoms with Crippen LogP contribution >= 0.6 is 11.3 Å². The summed E-state index contributed by atoms with van der Waals surface area (Å²) in [5.74, 6) is -1.36. The normalized spacial score (nSPS) is 15.9.